The Balaban J connectivity index is 1.73. The first kappa shape index (κ1) is 11.8. The molecule has 4 nitrogen and oxygen atoms in total. The van der Waals surface area contributed by atoms with Gasteiger partial charge >= 0.3 is 0 Å². The Labute approximate surface area is 101 Å². The SMILES string of the molecule is OCc1ncnn1CCCCc1ccccc1. The number of rotatable bonds is 6. The van der Waals surface area contributed by atoms with Crippen molar-refractivity contribution in [1.29, 1.82) is 0 Å². The second-order valence-electron chi connectivity index (χ2n) is 4.00. The molecule has 2 rings (SSSR count). The molecule has 90 valence electrons. The minimum Gasteiger partial charge on any atom is -0.388 e. The average Bonchev–Trinajstić information content (AvgIpc) is 2.83. The topological polar surface area (TPSA) is 50.9 Å². The molecule has 0 aliphatic heterocycles. The summed E-state index contributed by atoms with van der Waals surface area (Å²) in [6, 6.07) is 10.5. The van der Waals surface area contributed by atoms with Gasteiger partial charge in [0.2, 0.25) is 0 Å². The maximum Gasteiger partial charge on any atom is 0.152 e. The Morgan fingerprint density at radius 1 is 1.12 bits per heavy atom. The molecule has 0 spiro atoms. The van der Waals surface area contributed by atoms with Crippen molar-refractivity contribution < 1.29 is 5.11 Å². The Morgan fingerprint density at radius 2 is 1.94 bits per heavy atom. The molecule has 0 unspecified atom stereocenters. The van der Waals surface area contributed by atoms with Crippen LogP contribution in [0.3, 0.4) is 0 Å². The van der Waals surface area contributed by atoms with E-state index in [1.807, 2.05) is 6.07 Å². The predicted molar refractivity (Wildman–Crippen MR) is 65.3 cm³/mol. The summed E-state index contributed by atoms with van der Waals surface area (Å²) in [5.74, 6) is 0.643. The van der Waals surface area contributed by atoms with Gasteiger partial charge in [0.25, 0.3) is 0 Å². The van der Waals surface area contributed by atoms with E-state index in [-0.39, 0.29) is 6.61 Å². The minimum absolute atomic E-state index is 0.0430. The molecule has 17 heavy (non-hydrogen) atoms. The third-order valence-electron chi connectivity index (χ3n) is 2.77. The van der Waals surface area contributed by atoms with Gasteiger partial charge < -0.3 is 5.11 Å². The van der Waals surface area contributed by atoms with Gasteiger partial charge in [-0.05, 0) is 24.8 Å². The minimum atomic E-state index is -0.0430. The highest BCUT2D eigenvalue weighted by molar-refractivity contribution is 5.14. The quantitative estimate of drug-likeness (QED) is 0.771. The van der Waals surface area contributed by atoms with Crippen LogP contribution in [0.25, 0.3) is 0 Å². The molecule has 0 radical (unpaired) electrons. The lowest BCUT2D eigenvalue weighted by atomic mass is 10.1. The fraction of sp³-hybridized carbons (Fsp3) is 0.385. The molecule has 1 aromatic carbocycles. The van der Waals surface area contributed by atoms with Crippen LogP contribution in [0.2, 0.25) is 0 Å². The molecule has 1 N–H and O–H groups in total. The van der Waals surface area contributed by atoms with Crippen molar-refractivity contribution in [2.45, 2.75) is 32.4 Å². The zero-order valence-electron chi connectivity index (χ0n) is 9.79. The van der Waals surface area contributed by atoms with Crippen molar-refractivity contribution in [2.75, 3.05) is 0 Å². The van der Waals surface area contributed by atoms with Gasteiger partial charge in [-0.25, -0.2) is 9.67 Å². The van der Waals surface area contributed by atoms with Gasteiger partial charge in [0.05, 0.1) is 0 Å². The van der Waals surface area contributed by atoms with Crippen molar-refractivity contribution in [3.63, 3.8) is 0 Å². The number of nitrogens with zero attached hydrogens (tertiary/aromatic N) is 3. The maximum absolute atomic E-state index is 9.02. The molecule has 2 aromatic rings. The van der Waals surface area contributed by atoms with E-state index in [0.717, 1.165) is 25.8 Å². The molecule has 1 heterocycles. The van der Waals surface area contributed by atoms with Gasteiger partial charge in [0, 0.05) is 6.54 Å². The molecule has 0 bridgehead atoms. The molecule has 0 amide bonds. The van der Waals surface area contributed by atoms with E-state index in [9.17, 15) is 0 Å². The van der Waals surface area contributed by atoms with Crippen molar-refractivity contribution in [3.05, 3.63) is 48.0 Å². The van der Waals surface area contributed by atoms with Crippen molar-refractivity contribution in [1.82, 2.24) is 14.8 Å². The van der Waals surface area contributed by atoms with Crippen LogP contribution in [-0.2, 0) is 19.6 Å². The molecule has 0 aliphatic carbocycles. The summed E-state index contributed by atoms with van der Waals surface area (Å²) >= 11 is 0. The first-order chi connectivity index (χ1) is 8.40. The monoisotopic (exact) mass is 231 g/mol. The summed E-state index contributed by atoms with van der Waals surface area (Å²) in [5, 5.41) is 13.1. The summed E-state index contributed by atoms with van der Waals surface area (Å²) in [7, 11) is 0. The van der Waals surface area contributed by atoms with Crippen LogP contribution >= 0.6 is 0 Å². The highest BCUT2D eigenvalue weighted by Crippen LogP contribution is 2.06. The van der Waals surface area contributed by atoms with Gasteiger partial charge in [0.1, 0.15) is 12.9 Å². The smallest absolute Gasteiger partial charge is 0.152 e. The molecular weight excluding hydrogens is 214 g/mol. The summed E-state index contributed by atoms with van der Waals surface area (Å²) < 4.78 is 1.77. The van der Waals surface area contributed by atoms with Gasteiger partial charge in [-0.3, -0.25) is 0 Å². The fourth-order valence-electron chi connectivity index (χ4n) is 1.83. The van der Waals surface area contributed by atoms with Gasteiger partial charge in [-0.2, -0.15) is 5.10 Å². The lowest BCUT2D eigenvalue weighted by Crippen LogP contribution is -2.06. The van der Waals surface area contributed by atoms with Crippen LogP contribution in [-0.4, -0.2) is 19.9 Å². The number of aliphatic hydroxyl groups is 1. The van der Waals surface area contributed by atoms with E-state index in [1.54, 1.807) is 4.68 Å². The fourth-order valence-corrected chi connectivity index (χ4v) is 1.83. The Bertz CT molecular complexity index is 439. The number of aromatic nitrogens is 3. The first-order valence-electron chi connectivity index (χ1n) is 5.91. The molecule has 0 fully saturated rings. The maximum atomic E-state index is 9.02. The van der Waals surface area contributed by atoms with Crippen LogP contribution in [0.15, 0.2) is 36.7 Å². The molecule has 0 saturated carbocycles. The van der Waals surface area contributed by atoms with Gasteiger partial charge in [0.15, 0.2) is 5.82 Å². The van der Waals surface area contributed by atoms with Gasteiger partial charge in [-0.1, -0.05) is 30.3 Å². The van der Waals surface area contributed by atoms with Crippen LogP contribution in [0.5, 0.6) is 0 Å². The van der Waals surface area contributed by atoms with E-state index >= 15 is 0 Å². The number of hydrogen-bond acceptors (Lipinski definition) is 3. The Morgan fingerprint density at radius 3 is 2.71 bits per heavy atom. The number of hydrogen-bond donors (Lipinski definition) is 1. The van der Waals surface area contributed by atoms with Crippen molar-refractivity contribution >= 4 is 0 Å². The van der Waals surface area contributed by atoms with Crippen LogP contribution in [0.1, 0.15) is 24.2 Å². The number of aliphatic hydroxyl groups excluding tert-OH is 1. The normalized spacial score (nSPS) is 10.6. The standard InChI is InChI=1S/C13H17N3O/c17-10-13-14-11-15-16(13)9-5-4-8-12-6-2-1-3-7-12/h1-3,6-7,11,17H,4-5,8-10H2. The third kappa shape index (κ3) is 3.39. The summed E-state index contributed by atoms with van der Waals surface area (Å²) in [6.07, 6.45) is 4.74. The summed E-state index contributed by atoms with van der Waals surface area (Å²) in [4.78, 5) is 3.97. The van der Waals surface area contributed by atoms with E-state index in [2.05, 4.69) is 34.3 Å². The summed E-state index contributed by atoms with van der Waals surface area (Å²) in [6.45, 7) is 0.779. The van der Waals surface area contributed by atoms with Crippen molar-refractivity contribution in [3.8, 4) is 0 Å². The zero-order valence-corrected chi connectivity index (χ0v) is 9.79. The van der Waals surface area contributed by atoms with E-state index < -0.39 is 0 Å². The average molecular weight is 231 g/mol. The number of benzene rings is 1. The highest BCUT2D eigenvalue weighted by atomic mass is 16.3. The van der Waals surface area contributed by atoms with E-state index in [0.29, 0.717) is 5.82 Å². The lowest BCUT2D eigenvalue weighted by molar-refractivity contribution is 0.261. The number of aryl methyl sites for hydroxylation is 2. The molecule has 0 atom stereocenters. The molecular formula is C13H17N3O. The van der Waals surface area contributed by atoms with E-state index in [1.165, 1.54) is 11.9 Å². The molecule has 1 aromatic heterocycles. The first-order valence-corrected chi connectivity index (χ1v) is 5.91. The van der Waals surface area contributed by atoms with Crippen molar-refractivity contribution in [2.24, 2.45) is 0 Å². The third-order valence-corrected chi connectivity index (χ3v) is 2.77. The highest BCUT2D eigenvalue weighted by Gasteiger charge is 2.01. The van der Waals surface area contributed by atoms with Crippen LogP contribution in [0, 0.1) is 0 Å². The van der Waals surface area contributed by atoms with Gasteiger partial charge in [-0.15, -0.1) is 0 Å². The Kier molecular flexibility index (Phi) is 4.27. The lowest BCUT2D eigenvalue weighted by Gasteiger charge is -2.04. The molecule has 0 aliphatic rings. The van der Waals surface area contributed by atoms with E-state index in [4.69, 9.17) is 5.11 Å². The largest absolute Gasteiger partial charge is 0.388 e. The molecule has 4 heteroatoms. The number of unbranched alkanes of at least 4 members (excludes halogenated alkanes) is 1. The van der Waals surface area contributed by atoms with Crippen LogP contribution in [0.4, 0.5) is 0 Å². The summed E-state index contributed by atoms with van der Waals surface area (Å²) in [5.41, 5.74) is 1.37. The molecule has 0 saturated heterocycles. The second-order valence-corrected chi connectivity index (χ2v) is 4.00. The Hall–Kier alpha value is -1.68. The zero-order chi connectivity index (χ0) is 11.9. The van der Waals surface area contributed by atoms with Crippen LogP contribution < -0.4 is 0 Å². The predicted octanol–water partition coefficient (Wildman–Crippen LogP) is 1.79. The second kappa shape index (κ2) is 6.15.